The zero-order valence-corrected chi connectivity index (χ0v) is 44.7. The summed E-state index contributed by atoms with van der Waals surface area (Å²) in [6.45, 7) is 15.5. The Morgan fingerprint density at radius 3 is 1.64 bits per heavy atom. The van der Waals surface area contributed by atoms with Crippen molar-refractivity contribution in [3.8, 4) is 45.3 Å². The van der Waals surface area contributed by atoms with Crippen LogP contribution in [0.1, 0.15) is 77.0 Å². The number of para-hydroxylation sites is 6. The van der Waals surface area contributed by atoms with Gasteiger partial charge in [0.15, 0.2) is 0 Å². The number of pyridine rings is 1. The van der Waals surface area contributed by atoms with E-state index in [4.69, 9.17) is 9.72 Å². The summed E-state index contributed by atoms with van der Waals surface area (Å²) in [4.78, 5) is 4.94. The molecule has 0 unspecified atom stereocenters. The highest BCUT2D eigenvalue weighted by Crippen LogP contribution is 2.47. The van der Waals surface area contributed by atoms with Crippen LogP contribution in [0.15, 0.2) is 206 Å². The van der Waals surface area contributed by atoms with Crippen molar-refractivity contribution >= 4 is 72.4 Å². The monoisotopic (exact) mass is 1020 g/mol. The lowest BCUT2D eigenvalue weighted by atomic mass is 9.88. The zero-order chi connectivity index (χ0) is 53.6. The minimum atomic E-state index is -0.650. The van der Waals surface area contributed by atoms with E-state index in [0.29, 0.717) is 22.6 Å². The third kappa shape index (κ3) is 8.37. The van der Waals surface area contributed by atoms with E-state index in [1.54, 1.807) is 0 Å². The maximum absolute atomic E-state index is 15.4. The van der Waals surface area contributed by atoms with Crippen molar-refractivity contribution < 1.29 is 13.5 Å². The highest BCUT2D eigenvalue weighted by molar-refractivity contribution is 6.10. The van der Waals surface area contributed by atoms with Gasteiger partial charge in [0.2, 0.25) is 11.4 Å². The third-order valence-electron chi connectivity index (χ3n) is 15.3. The van der Waals surface area contributed by atoms with E-state index in [1.807, 2.05) is 36.5 Å². The lowest BCUT2D eigenvalue weighted by molar-refractivity contribution is 0.483. The van der Waals surface area contributed by atoms with E-state index in [-0.39, 0.29) is 17.3 Å². The molecule has 0 aliphatic carbocycles. The quantitative estimate of drug-likeness (QED) is 0.128. The highest BCUT2D eigenvalue weighted by Gasteiger charge is 2.40. The maximum Gasteiger partial charge on any atom is 0.503 e. The highest BCUT2D eigenvalue weighted by atomic mass is 19.1. The fourth-order valence-corrected chi connectivity index (χ4v) is 11.4. The number of hydrogen-bond acceptors (Lipinski definition) is 2. The minimum absolute atomic E-state index is 0.0745. The van der Waals surface area contributed by atoms with E-state index in [1.165, 1.54) is 28.8 Å². The van der Waals surface area contributed by atoms with Gasteiger partial charge in [-0.15, -0.1) is 0 Å². The molecular formula is C70H57F2N5O+2. The summed E-state index contributed by atoms with van der Waals surface area (Å²) in [6.07, 6.45) is 1.90. The summed E-state index contributed by atoms with van der Waals surface area (Å²) in [6, 6.07) is 71.0. The first-order chi connectivity index (χ1) is 37.7. The molecule has 3 aromatic heterocycles. The first-order valence-corrected chi connectivity index (χ1v) is 26.8. The van der Waals surface area contributed by atoms with Crippen molar-refractivity contribution in [1.82, 2.24) is 23.3 Å². The molecule has 8 heteroatoms. The van der Waals surface area contributed by atoms with Crippen molar-refractivity contribution in [3.63, 3.8) is 0 Å². The molecule has 1 aliphatic heterocycles. The van der Waals surface area contributed by atoms with Gasteiger partial charge in [-0.1, -0.05) is 139 Å². The number of halogens is 2. The average molecular weight is 1020 g/mol. The van der Waals surface area contributed by atoms with Gasteiger partial charge in [0.05, 0.1) is 44.9 Å². The van der Waals surface area contributed by atoms with Crippen molar-refractivity contribution in [2.24, 2.45) is 0 Å². The Labute approximate surface area is 452 Å². The largest absolute Gasteiger partial charge is 0.503 e. The Hall–Kier alpha value is -9.23. The van der Waals surface area contributed by atoms with E-state index >= 15 is 8.78 Å². The fourth-order valence-electron chi connectivity index (χ4n) is 11.4. The topological polar surface area (TPSA) is 38.0 Å². The average Bonchev–Trinajstić information content (AvgIpc) is 4.33. The maximum atomic E-state index is 15.4. The summed E-state index contributed by atoms with van der Waals surface area (Å²) < 4.78 is 46.6. The van der Waals surface area contributed by atoms with Crippen molar-refractivity contribution in [3.05, 3.63) is 235 Å². The fraction of sp³-hybridized carbons (Fsp3) is 0.143. The first kappa shape index (κ1) is 48.4. The van der Waals surface area contributed by atoms with Gasteiger partial charge in [-0.05, 0) is 121 Å². The normalized spacial score (nSPS) is 12.6. The first-order valence-electron chi connectivity index (χ1n) is 26.8. The molecule has 0 atom stereocenters. The van der Waals surface area contributed by atoms with Gasteiger partial charge in [-0.3, -0.25) is 4.57 Å². The van der Waals surface area contributed by atoms with Gasteiger partial charge in [0.1, 0.15) is 29.0 Å². The van der Waals surface area contributed by atoms with Crippen LogP contribution in [0, 0.1) is 11.6 Å². The number of hydrogen-bond donors (Lipinski definition) is 0. The standard InChI is InChI=1S/C70H57F2N5O/c1-43(2)45-31-46(44(3)4)33-47(32-45)56-20-16-21-57(48-34-50(71)37-51(72)35-48)69(56)75-42-74(65-25-14-15-26-66(65)75)52-38-53(76-62-22-11-8-17-58(62)59-18-9-12-23-63(59)76)40-55(39-52)78-54-27-28-61-60-19-10-13-24-64(60)77(67(61)41-54)68-36-49(29-30-73-68)70(5,6)7/h8-41,43-44H,1-7H3/q+2. The van der Waals surface area contributed by atoms with Crippen LogP contribution in [-0.4, -0.2) is 20.1 Å². The van der Waals surface area contributed by atoms with Crippen LogP contribution in [0.3, 0.4) is 0 Å². The SMILES string of the molecule is CC(C)c1cc(-c2cccc(-c3cc(F)cc(F)c3)c2[N+]2=C=[N+](c3cc(Oc4ccc5c6ccccc6n(-c6cc(C(C)(C)C)ccn6)c5c4)cc(-n4c5ccccc5c5ccccc54)c3)c3ccccc32)cc(C(C)C)c1. The summed E-state index contributed by atoms with van der Waals surface area (Å²) in [7, 11) is 0. The Bertz CT molecular complexity index is 4390. The lowest BCUT2D eigenvalue weighted by Crippen LogP contribution is -2.12. The summed E-state index contributed by atoms with van der Waals surface area (Å²) in [5.74, 6) is 1.34. The molecule has 1 aliphatic rings. The molecule has 0 fully saturated rings. The molecular weight excluding hydrogens is 965 g/mol. The molecule has 0 amide bonds. The predicted molar refractivity (Wildman–Crippen MR) is 318 cm³/mol. The number of benzene rings is 9. The molecule has 0 radical (unpaired) electrons. The molecule has 0 saturated heterocycles. The molecule has 12 aromatic rings. The van der Waals surface area contributed by atoms with Crippen LogP contribution in [-0.2, 0) is 5.41 Å². The second-order valence-corrected chi connectivity index (χ2v) is 22.2. The number of fused-ring (bicyclic) bond motifs is 7. The third-order valence-corrected chi connectivity index (χ3v) is 15.3. The van der Waals surface area contributed by atoms with Gasteiger partial charge < -0.3 is 9.30 Å². The van der Waals surface area contributed by atoms with Gasteiger partial charge >= 0.3 is 6.01 Å². The molecule has 6 nitrogen and oxygen atoms in total. The summed E-state index contributed by atoms with van der Waals surface area (Å²) in [5, 5.41) is 4.50. The molecule has 0 bridgehead atoms. The molecule has 380 valence electrons. The van der Waals surface area contributed by atoms with Crippen LogP contribution >= 0.6 is 0 Å². The second kappa shape index (κ2) is 18.8. The predicted octanol–water partition coefficient (Wildman–Crippen LogP) is 19.1. The van der Waals surface area contributed by atoms with Crippen LogP contribution in [0.4, 0.5) is 31.5 Å². The Morgan fingerprint density at radius 1 is 0.487 bits per heavy atom. The van der Waals surface area contributed by atoms with Crippen LogP contribution in [0.2, 0.25) is 0 Å². The summed E-state index contributed by atoms with van der Waals surface area (Å²) in [5.41, 5.74) is 14.8. The Kier molecular flexibility index (Phi) is 11.7. The Balaban J connectivity index is 1.06. The molecule has 0 N–H and O–H groups in total. The second-order valence-electron chi connectivity index (χ2n) is 22.2. The molecule has 78 heavy (non-hydrogen) atoms. The van der Waals surface area contributed by atoms with Gasteiger partial charge in [0, 0.05) is 64.1 Å². The molecule has 4 heterocycles. The summed E-state index contributed by atoms with van der Waals surface area (Å²) >= 11 is 0. The number of rotatable bonds is 10. The molecule has 9 aromatic carbocycles. The van der Waals surface area contributed by atoms with Crippen LogP contribution in [0.25, 0.3) is 77.4 Å². The van der Waals surface area contributed by atoms with Crippen LogP contribution < -0.4 is 13.9 Å². The zero-order valence-electron chi connectivity index (χ0n) is 44.7. The lowest BCUT2D eigenvalue weighted by Gasteiger charge is -2.20. The van der Waals surface area contributed by atoms with Crippen molar-refractivity contribution in [2.75, 3.05) is 0 Å². The van der Waals surface area contributed by atoms with E-state index in [9.17, 15) is 0 Å². The van der Waals surface area contributed by atoms with E-state index < -0.39 is 11.6 Å². The molecule has 0 saturated carbocycles. The van der Waals surface area contributed by atoms with E-state index in [0.717, 1.165) is 95.1 Å². The van der Waals surface area contributed by atoms with Crippen molar-refractivity contribution in [1.29, 1.82) is 0 Å². The smallest absolute Gasteiger partial charge is 0.457 e. The van der Waals surface area contributed by atoms with Gasteiger partial charge in [-0.25, -0.2) is 13.8 Å². The Morgan fingerprint density at radius 2 is 1.04 bits per heavy atom. The number of ether oxygens (including phenoxy) is 1. The molecule has 0 spiro atoms. The van der Waals surface area contributed by atoms with Gasteiger partial charge in [-0.2, -0.15) is 0 Å². The number of nitrogens with zero attached hydrogens (tertiary/aromatic N) is 5. The van der Waals surface area contributed by atoms with Crippen LogP contribution in [0.5, 0.6) is 11.5 Å². The van der Waals surface area contributed by atoms with E-state index in [2.05, 4.69) is 224 Å². The van der Waals surface area contributed by atoms with Gasteiger partial charge in [0.25, 0.3) is 11.4 Å². The number of aromatic nitrogens is 3. The minimum Gasteiger partial charge on any atom is -0.457 e. The molecule has 13 rings (SSSR count). The van der Waals surface area contributed by atoms with Crippen molar-refractivity contribution in [2.45, 2.75) is 65.7 Å².